The fourth-order valence-corrected chi connectivity index (χ4v) is 5.08. The Morgan fingerprint density at radius 1 is 1.18 bits per heavy atom. The van der Waals surface area contributed by atoms with E-state index in [1.807, 2.05) is 44.2 Å². The summed E-state index contributed by atoms with van der Waals surface area (Å²) >= 11 is 13.7. The zero-order valence-electron chi connectivity index (χ0n) is 21.3. The van der Waals surface area contributed by atoms with Crippen LogP contribution in [0.15, 0.2) is 61.3 Å². The van der Waals surface area contributed by atoms with Crippen LogP contribution in [0, 0.1) is 0 Å². The van der Waals surface area contributed by atoms with Gasteiger partial charge in [-0.1, -0.05) is 47.4 Å². The van der Waals surface area contributed by atoms with E-state index in [9.17, 15) is 4.79 Å². The highest BCUT2D eigenvalue weighted by Crippen LogP contribution is 2.43. The molecule has 11 heteroatoms. The van der Waals surface area contributed by atoms with Crippen LogP contribution in [0.2, 0.25) is 5.02 Å². The number of fused-ring (bicyclic) bond motifs is 2. The maximum Gasteiger partial charge on any atom is 0.282 e. The SMILES string of the molecule is CC[C@H](C)c1nc2ccc(Br)cc2c(=O)n1N=Cc1cc(OC)c(OCc2ccc3c(c2)OCO3)c(Cl)c1Br. The Bertz CT molecular complexity index is 1660. The number of rotatable bonds is 8. The molecule has 0 N–H and O–H groups in total. The van der Waals surface area contributed by atoms with Gasteiger partial charge in [-0.3, -0.25) is 4.79 Å². The van der Waals surface area contributed by atoms with Crippen molar-refractivity contribution in [1.82, 2.24) is 9.66 Å². The second-order valence-corrected chi connectivity index (χ2v) is 11.0. The van der Waals surface area contributed by atoms with Crippen LogP contribution >= 0.6 is 43.5 Å². The van der Waals surface area contributed by atoms with Gasteiger partial charge in [0.25, 0.3) is 5.56 Å². The number of methoxy groups -OCH3 is 1. The zero-order valence-corrected chi connectivity index (χ0v) is 25.3. The summed E-state index contributed by atoms with van der Waals surface area (Å²) in [5, 5.41) is 5.33. The number of hydrogen-bond acceptors (Lipinski definition) is 7. The summed E-state index contributed by atoms with van der Waals surface area (Å²) in [6.45, 7) is 4.49. The number of hydrogen-bond donors (Lipinski definition) is 0. The van der Waals surface area contributed by atoms with E-state index >= 15 is 0 Å². The number of aromatic nitrogens is 2. The topological polar surface area (TPSA) is 84.2 Å². The van der Waals surface area contributed by atoms with Crippen molar-refractivity contribution >= 4 is 60.6 Å². The predicted octanol–water partition coefficient (Wildman–Crippen LogP) is 7.29. The highest BCUT2D eigenvalue weighted by atomic mass is 79.9. The van der Waals surface area contributed by atoms with Gasteiger partial charge in [-0.2, -0.15) is 9.78 Å². The number of nitrogens with zero attached hydrogens (tertiary/aromatic N) is 3. The summed E-state index contributed by atoms with van der Waals surface area (Å²) in [6.07, 6.45) is 2.35. The number of ether oxygens (including phenoxy) is 4. The molecule has 1 aromatic heterocycles. The zero-order chi connectivity index (χ0) is 27.7. The van der Waals surface area contributed by atoms with Gasteiger partial charge >= 0.3 is 0 Å². The minimum Gasteiger partial charge on any atom is -0.493 e. The van der Waals surface area contributed by atoms with Gasteiger partial charge < -0.3 is 18.9 Å². The molecule has 5 rings (SSSR count). The molecule has 202 valence electrons. The van der Waals surface area contributed by atoms with Crippen LogP contribution in [-0.4, -0.2) is 29.8 Å². The largest absolute Gasteiger partial charge is 0.493 e. The highest BCUT2D eigenvalue weighted by Gasteiger charge is 2.20. The molecule has 1 aliphatic heterocycles. The van der Waals surface area contributed by atoms with Crippen LogP contribution in [0.4, 0.5) is 0 Å². The van der Waals surface area contributed by atoms with E-state index in [1.54, 1.807) is 18.3 Å². The first-order chi connectivity index (χ1) is 18.8. The first kappa shape index (κ1) is 27.5. The fraction of sp³-hybridized carbons (Fsp3) is 0.250. The Hall–Kier alpha value is -3.08. The Labute approximate surface area is 246 Å². The minimum absolute atomic E-state index is 0.0106. The Balaban J connectivity index is 1.49. The molecule has 0 saturated heterocycles. The van der Waals surface area contributed by atoms with Crippen LogP contribution in [-0.2, 0) is 6.61 Å². The number of halogens is 3. The molecule has 1 aliphatic rings. The molecule has 0 unspecified atom stereocenters. The smallest absolute Gasteiger partial charge is 0.282 e. The molecule has 8 nitrogen and oxygen atoms in total. The van der Waals surface area contributed by atoms with Crippen molar-refractivity contribution in [3.05, 3.63) is 83.7 Å². The minimum atomic E-state index is -0.259. The summed E-state index contributed by atoms with van der Waals surface area (Å²) in [5.74, 6) is 2.74. The molecule has 2 heterocycles. The summed E-state index contributed by atoms with van der Waals surface area (Å²) in [7, 11) is 1.53. The second kappa shape index (κ2) is 11.6. The van der Waals surface area contributed by atoms with Gasteiger partial charge in [-0.05, 0) is 64.3 Å². The number of benzene rings is 3. The first-order valence-electron chi connectivity index (χ1n) is 12.1. The third kappa shape index (κ3) is 5.50. The third-order valence-electron chi connectivity index (χ3n) is 6.39. The maximum atomic E-state index is 13.5. The molecule has 0 radical (unpaired) electrons. The molecular formula is C28H24Br2ClN3O5. The molecule has 0 saturated carbocycles. The normalized spacial score (nSPS) is 13.3. The summed E-state index contributed by atoms with van der Waals surface area (Å²) in [5.41, 5.74) is 1.85. The van der Waals surface area contributed by atoms with Gasteiger partial charge in [0.15, 0.2) is 23.0 Å². The van der Waals surface area contributed by atoms with Crippen molar-refractivity contribution in [3.63, 3.8) is 0 Å². The molecule has 4 aromatic rings. The lowest BCUT2D eigenvalue weighted by molar-refractivity contribution is 0.174. The Morgan fingerprint density at radius 2 is 1.97 bits per heavy atom. The van der Waals surface area contributed by atoms with Gasteiger partial charge in [0.05, 0.1) is 24.2 Å². The molecule has 0 amide bonds. The van der Waals surface area contributed by atoms with Gasteiger partial charge in [0, 0.05) is 20.4 Å². The van der Waals surface area contributed by atoms with E-state index in [1.165, 1.54) is 11.8 Å². The van der Waals surface area contributed by atoms with Crippen LogP contribution < -0.4 is 24.5 Å². The van der Waals surface area contributed by atoms with E-state index in [0.29, 0.717) is 54.8 Å². The van der Waals surface area contributed by atoms with Crippen molar-refractivity contribution in [1.29, 1.82) is 0 Å². The van der Waals surface area contributed by atoms with Gasteiger partial charge in [-0.15, -0.1) is 0 Å². The fourth-order valence-electron chi connectivity index (χ4n) is 4.07. The summed E-state index contributed by atoms with van der Waals surface area (Å²) in [6, 6.07) is 12.8. The average Bonchev–Trinajstić information content (AvgIpc) is 3.41. The van der Waals surface area contributed by atoms with Gasteiger partial charge in [0.2, 0.25) is 6.79 Å². The molecule has 0 bridgehead atoms. The quantitative estimate of drug-likeness (QED) is 0.182. The molecule has 0 fully saturated rings. The van der Waals surface area contributed by atoms with Crippen LogP contribution in [0.25, 0.3) is 10.9 Å². The van der Waals surface area contributed by atoms with Crippen molar-refractivity contribution in [2.45, 2.75) is 32.8 Å². The van der Waals surface area contributed by atoms with Crippen molar-refractivity contribution in [2.75, 3.05) is 13.9 Å². The summed E-state index contributed by atoms with van der Waals surface area (Å²) < 4.78 is 25.1. The van der Waals surface area contributed by atoms with Gasteiger partial charge in [0.1, 0.15) is 17.5 Å². The van der Waals surface area contributed by atoms with Crippen molar-refractivity contribution < 1.29 is 18.9 Å². The monoisotopic (exact) mass is 675 g/mol. The lowest BCUT2D eigenvalue weighted by atomic mass is 10.1. The maximum absolute atomic E-state index is 13.5. The van der Waals surface area contributed by atoms with E-state index in [0.717, 1.165) is 16.5 Å². The van der Waals surface area contributed by atoms with E-state index in [2.05, 4.69) is 37.0 Å². The lowest BCUT2D eigenvalue weighted by Gasteiger charge is -2.16. The van der Waals surface area contributed by atoms with Crippen molar-refractivity contribution in [3.8, 4) is 23.0 Å². The Kier molecular flexibility index (Phi) is 8.16. The first-order valence-corrected chi connectivity index (χ1v) is 14.1. The molecule has 0 aliphatic carbocycles. The van der Waals surface area contributed by atoms with E-state index in [4.69, 9.17) is 35.5 Å². The standard InChI is InChI=1S/C28H24Br2ClN3O5/c1-4-15(2)27-33-20-7-6-18(29)11-19(20)28(35)34(27)32-12-17-10-23(36-3)26(25(31)24(17)30)37-13-16-5-8-21-22(9-16)39-14-38-21/h5-12,15H,4,13-14H2,1-3H3/t15-/m0/s1. The molecule has 3 aromatic carbocycles. The van der Waals surface area contributed by atoms with E-state index < -0.39 is 0 Å². The summed E-state index contributed by atoms with van der Waals surface area (Å²) in [4.78, 5) is 18.2. The van der Waals surface area contributed by atoms with Gasteiger partial charge in [-0.25, -0.2) is 4.98 Å². The van der Waals surface area contributed by atoms with Crippen molar-refractivity contribution in [2.24, 2.45) is 5.10 Å². The third-order valence-corrected chi connectivity index (χ3v) is 8.33. The van der Waals surface area contributed by atoms with E-state index in [-0.39, 0.29) is 24.9 Å². The second-order valence-electron chi connectivity index (χ2n) is 8.90. The average molecular weight is 678 g/mol. The predicted molar refractivity (Wildman–Crippen MR) is 158 cm³/mol. The molecule has 0 spiro atoms. The van der Waals surface area contributed by atoms with Crippen LogP contribution in [0.1, 0.15) is 43.1 Å². The van der Waals surface area contributed by atoms with Crippen LogP contribution in [0.3, 0.4) is 0 Å². The highest BCUT2D eigenvalue weighted by molar-refractivity contribution is 9.10. The molecule has 39 heavy (non-hydrogen) atoms. The molecule has 1 atom stereocenters. The Morgan fingerprint density at radius 3 is 2.74 bits per heavy atom. The van der Waals surface area contributed by atoms with Crippen LogP contribution in [0.5, 0.6) is 23.0 Å². The lowest BCUT2D eigenvalue weighted by Crippen LogP contribution is -2.23. The molecular weight excluding hydrogens is 654 g/mol.